The topological polar surface area (TPSA) is 45.5 Å². The third kappa shape index (κ3) is 2.53. The van der Waals surface area contributed by atoms with Gasteiger partial charge in [0.25, 0.3) is 12.3 Å². The molecule has 18 heavy (non-hydrogen) atoms. The SMILES string of the molecule is O=C(c1cccn1CC(F)F)N1CCC[C@H]1CO. The van der Waals surface area contributed by atoms with E-state index in [1.165, 1.54) is 16.8 Å². The fraction of sp³-hybridized carbons (Fsp3) is 0.583. The molecule has 1 aliphatic rings. The molecule has 1 amide bonds. The first kappa shape index (κ1) is 13.0. The third-order valence-electron chi connectivity index (χ3n) is 3.23. The van der Waals surface area contributed by atoms with Crippen molar-refractivity contribution in [1.82, 2.24) is 9.47 Å². The van der Waals surface area contributed by atoms with E-state index in [-0.39, 0.29) is 24.2 Å². The number of aliphatic hydroxyl groups excluding tert-OH is 1. The van der Waals surface area contributed by atoms with Gasteiger partial charge in [-0.25, -0.2) is 8.78 Å². The molecule has 2 rings (SSSR count). The van der Waals surface area contributed by atoms with E-state index in [4.69, 9.17) is 0 Å². The summed E-state index contributed by atoms with van der Waals surface area (Å²) in [6.07, 6.45) is 0.587. The van der Waals surface area contributed by atoms with Gasteiger partial charge in [0.15, 0.2) is 0 Å². The summed E-state index contributed by atoms with van der Waals surface area (Å²) in [5, 5.41) is 9.18. The van der Waals surface area contributed by atoms with Crippen LogP contribution in [-0.2, 0) is 6.54 Å². The number of carbonyl (C=O) groups excluding carboxylic acids is 1. The Labute approximate surface area is 104 Å². The van der Waals surface area contributed by atoms with Gasteiger partial charge >= 0.3 is 0 Å². The van der Waals surface area contributed by atoms with Crippen molar-refractivity contribution in [2.45, 2.75) is 31.9 Å². The summed E-state index contributed by atoms with van der Waals surface area (Å²) in [6.45, 7) is 0.0108. The van der Waals surface area contributed by atoms with E-state index in [0.29, 0.717) is 6.54 Å². The van der Waals surface area contributed by atoms with Crippen molar-refractivity contribution in [2.24, 2.45) is 0 Å². The Hall–Kier alpha value is -1.43. The average molecular weight is 258 g/mol. The molecule has 0 aromatic carbocycles. The lowest BCUT2D eigenvalue weighted by molar-refractivity contribution is 0.0658. The van der Waals surface area contributed by atoms with Gasteiger partial charge in [0.2, 0.25) is 0 Å². The molecule has 0 radical (unpaired) electrons. The highest BCUT2D eigenvalue weighted by Crippen LogP contribution is 2.20. The quantitative estimate of drug-likeness (QED) is 0.886. The molecule has 4 nitrogen and oxygen atoms in total. The molecule has 0 saturated carbocycles. The van der Waals surface area contributed by atoms with Gasteiger partial charge in [0.1, 0.15) is 5.69 Å². The number of rotatable bonds is 4. The molecule has 1 aliphatic heterocycles. The van der Waals surface area contributed by atoms with Gasteiger partial charge in [0.05, 0.1) is 19.2 Å². The molecular weight excluding hydrogens is 242 g/mol. The predicted molar refractivity (Wildman–Crippen MR) is 61.6 cm³/mol. The molecule has 1 aromatic rings. The Morgan fingerprint density at radius 2 is 2.33 bits per heavy atom. The number of alkyl halides is 2. The minimum Gasteiger partial charge on any atom is -0.394 e. The molecule has 0 bridgehead atoms. The van der Waals surface area contributed by atoms with Crippen LogP contribution < -0.4 is 0 Å². The van der Waals surface area contributed by atoms with Crippen molar-refractivity contribution >= 4 is 5.91 Å². The Kier molecular flexibility index (Phi) is 3.96. The van der Waals surface area contributed by atoms with Gasteiger partial charge in [0, 0.05) is 12.7 Å². The first-order valence-corrected chi connectivity index (χ1v) is 5.98. The standard InChI is InChI=1S/C12H16F2N2O2/c13-11(14)7-15-5-2-4-10(15)12(18)16-6-1-3-9(16)8-17/h2,4-5,9,11,17H,1,3,6-8H2/t9-/m0/s1. The normalized spacial score (nSPS) is 19.8. The van der Waals surface area contributed by atoms with Crippen LogP contribution in [0, 0.1) is 0 Å². The van der Waals surface area contributed by atoms with Gasteiger partial charge in [-0.15, -0.1) is 0 Å². The lowest BCUT2D eigenvalue weighted by atomic mass is 10.2. The smallest absolute Gasteiger partial charge is 0.270 e. The highest BCUT2D eigenvalue weighted by Gasteiger charge is 2.30. The summed E-state index contributed by atoms with van der Waals surface area (Å²) >= 11 is 0. The zero-order valence-corrected chi connectivity index (χ0v) is 9.93. The molecular formula is C12H16F2N2O2. The van der Waals surface area contributed by atoms with E-state index in [2.05, 4.69) is 0 Å². The number of likely N-dealkylation sites (tertiary alicyclic amines) is 1. The van der Waals surface area contributed by atoms with Gasteiger partial charge in [-0.3, -0.25) is 4.79 Å². The lowest BCUT2D eigenvalue weighted by Crippen LogP contribution is -2.38. The summed E-state index contributed by atoms with van der Waals surface area (Å²) in [4.78, 5) is 13.8. The number of amides is 1. The Balaban J connectivity index is 2.15. The zero-order valence-electron chi connectivity index (χ0n) is 9.93. The van der Waals surface area contributed by atoms with Crippen LogP contribution >= 0.6 is 0 Å². The molecule has 1 saturated heterocycles. The van der Waals surface area contributed by atoms with Crippen LogP contribution in [-0.4, -0.2) is 46.1 Å². The van der Waals surface area contributed by atoms with E-state index in [9.17, 15) is 18.7 Å². The van der Waals surface area contributed by atoms with Crippen molar-refractivity contribution in [1.29, 1.82) is 0 Å². The Morgan fingerprint density at radius 3 is 3.00 bits per heavy atom. The second kappa shape index (κ2) is 5.48. The van der Waals surface area contributed by atoms with Crippen molar-refractivity contribution in [3.63, 3.8) is 0 Å². The van der Waals surface area contributed by atoms with Crippen LogP contribution in [0.1, 0.15) is 23.3 Å². The second-order valence-corrected chi connectivity index (χ2v) is 4.41. The number of carbonyl (C=O) groups is 1. The van der Waals surface area contributed by atoms with Gasteiger partial charge in [-0.05, 0) is 25.0 Å². The van der Waals surface area contributed by atoms with Crippen LogP contribution in [0.25, 0.3) is 0 Å². The molecule has 0 aliphatic carbocycles. The predicted octanol–water partition coefficient (Wildman–Crippen LogP) is 1.35. The van der Waals surface area contributed by atoms with Crippen molar-refractivity contribution in [3.8, 4) is 0 Å². The van der Waals surface area contributed by atoms with E-state index < -0.39 is 13.0 Å². The minimum atomic E-state index is -2.49. The maximum absolute atomic E-state index is 12.4. The van der Waals surface area contributed by atoms with Crippen LogP contribution in [0.3, 0.4) is 0 Å². The van der Waals surface area contributed by atoms with Crippen molar-refractivity contribution in [2.75, 3.05) is 13.2 Å². The first-order valence-electron chi connectivity index (χ1n) is 5.98. The van der Waals surface area contributed by atoms with Crippen LogP contribution in [0.5, 0.6) is 0 Å². The Bertz CT molecular complexity index is 420. The maximum Gasteiger partial charge on any atom is 0.270 e. The second-order valence-electron chi connectivity index (χ2n) is 4.41. The van der Waals surface area contributed by atoms with E-state index in [1.54, 1.807) is 11.0 Å². The molecule has 1 fully saturated rings. The van der Waals surface area contributed by atoms with Gasteiger partial charge in [-0.1, -0.05) is 0 Å². The molecule has 1 atom stereocenters. The van der Waals surface area contributed by atoms with Gasteiger partial charge < -0.3 is 14.6 Å². The number of hydrogen-bond acceptors (Lipinski definition) is 2. The van der Waals surface area contributed by atoms with Crippen LogP contribution in [0.15, 0.2) is 18.3 Å². The largest absolute Gasteiger partial charge is 0.394 e. The van der Waals surface area contributed by atoms with E-state index in [1.807, 2.05) is 0 Å². The van der Waals surface area contributed by atoms with Crippen molar-refractivity contribution in [3.05, 3.63) is 24.0 Å². The minimum absolute atomic E-state index is 0.0820. The lowest BCUT2D eigenvalue weighted by Gasteiger charge is -2.23. The number of nitrogens with zero attached hydrogens (tertiary/aromatic N) is 2. The maximum atomic E-state index is 12.4. The fourth-order valence-electron chi connectivity index (χ4n) is 2.36. The molecule has 2 heterocycles. The summed E-state index contributed by atoms with van der Waals surface area (Å²) < 4.78 is 26.0. The molecule has 0 unspecified atom stereocenters. The zero-order chi connectivity index (χ0) is 13.1. The van der Waals surface area contributed by atoms with Crippen LogP contribution in [0.2, 0.25) is 0 Å². The summed E-state index contributed by atoms with van der Waals surface area (Å²) in [5.74, 6) is -0.280. The highest BCUT2D eigenvalue weighted by molar-refractivity contribution is 5.93. The number of aliphatic hydroxyl groups is 1. The number of halogens is 2. The molecule has 6 heteroatoms. The molecule has 0 spiro atoms. The fourth-order valence-corrected chi connectivity index (χ4v) is 2.36. The first-order chi connectivity index (χ1) is 8.63. The van der Waals surface area contributed by atoms with Crippen LogP contribution in [0.4, 0.5) is 8.78 Å². The van der Waals surface area contributed by atoms with Crippen molar-refractivity contribution < 1.29 is 18.7 Å². The summed E-state index contributed by atoms with van der Waals surface area (Å²) in [7, 11) is 0. The third-order valence-corrected chi connectivity index (χ3v) is 3.23. The molecule has 100 valence electrons. The Morgan fingerprint density at radius 1 is 1.56 bits per heavy atom. The van der Waals surface area contributed by atoms with Gasteiger partial charge in [-0.2, -0.15) is 0 Å². The highest BCUT2D eigenvalue weighted by atomic mass is 19.3. The summed E-state index contributed by atoms with van der Waals surface area (Å²) in [6, 6.07) is 2.93. The monoisotopic (exact) mass is 258 g/mol. The molecule has 1 aromatic heterocycles. The molecule has 1 N–H and O–H groups in total. The average Bonchev–Trinajstić information content (AvgIpc) is 2.95. The number of aromatic nitrogens is 1. The van der Waals surface area contributed by atoms with E-state index in [0.717, 1.165) is 12.8 Å². The summed E-state index contributed by atoms with van der Waals surface area (Å²) in [5.41, 5.74) is 0.260. The number of hydrogen-bond donors (Lipinski definition) is 1. The van der Waals surface area contributed by atoms with E-state index >= 15 is 0 Å².